The summed E-state index contributed by atoms with van der Waals surface area (Å²) < 4.78 is 11.7. The smallest absolute Gasteiger partial charge is 0.338 e. The van der Waals surface area contributed by atoms with Gasteiger partial charge in [-0.1, -0.05) is 12.2 Å². The normalized spacial score (nSPS) is 10.5. The van der Waals surface area contributed by atoms with Gasteiger partial charge in [0, 0.05) is 25.2 Å². The Bertz CT molecular complexity index is 992. The van der Waals surface area contributed by atoms with Gasteiger partial charge in [-0.15, -0.1) is 0 Å². The van der Waals surface area contributed by atoms with Crippen LogP contribution in [0.3, 0.4) is 0 Å². The summed E-state index contributed by atoms with van der Waals surface area (Å²) in [6, 6.07) is 6.80. The largest absolute Gasteiger partial charge is 0.469 e. The minimum absolute atomic E-state index is 0.261. The quantitative estimate of drug-likeness (QED) is 0.415. The summed E-state index contributed by atoms with van der Waals surface area (Å²) in [6.45, 7) is 12.0. The molecular weight excluding hydrogens is 410 g/mol. The zero-order valence-corrected chi connectivity index (χ0v) is 19.4. The molecule has 1 heterocycles. The van der Waals surface area contributed by atoms with Gasteiger partial charge < -0.3 is 14.4 Å². The van der Waals surface area contributed by atoms with E-state index in [0.717, 1.165) is 28.2 Å². The van der Waals surface area contributed by atoms with Gasteiger partial charge in [-0.25, -0.2) is 9.48 Å². The number of aryl methyl sites for hydroxylation is 1. The highest BCUT2D eigenvalue weighted by Gasteiger charge is 2.17. The van der Waals surface area contributed by atoms with E-state index in [0.29, 0.717) is 25.1 Å². The number of rotatable bonds is 10. The van der Waals surface area contributed by atoms with Gasteiger partial charge >= 0.3 is 11.9 Å². The summed E-state index contributed by atoms with van der Waals surface area (Å²) in [5, 5.41) is 4.56. The number of carbonyl (C=O) groups is 3. The molecule has 0 saturated carbocycles. The molecular formula is C24H31N3O5. The lowest BCUT2D eigenvalue weighted by molar-refractivity contribution is -0.140. The van der Waals surface area contributed by atoms with E-state index in [1.165, 1.54) is 7.11 Å². The van der Waals surface area contributed by atoms with E-state index in [4.69, 9.17) is 9.47 Å². The number of carbonyl (C=O) groups excluding carboxylic acids is 3. The SMILES string of the molecule is C=C(C)CN(CC)C(=O)COC(=O)c1ccc(-n2nc(C)c(CCC(=O)OC)c2C)cc1. The van der Waals surface area contributed by atoms with Gasteiger partial charge in [0.1, 0.15) is 0 Å². The van der Waals surface area contributed by atoms with Crippen LogP contribution in [0, 0.1) is 13.8 Å². The van der Waals surface area contributed by atoms with Crippen LogP contribution in [0.25, 0.3) is 5.69 Å². The van der Waals surface area contributed by atoms with Crippen LogP contribution in [0.1, 0.15) is 47.6 Å². The van der Waals surface area contributed by atoms with Crippen molar-refractivity contribution in [1.29, 1.82) is 0 Å². The fraction of sp³-hybridized carbons (Fsp3) is 0.417. The molecule has 0 aliphatic heterocycles. The molecule has 8 heteroatoms. The number of hydrogen-bond donors (Lipinski definition) is 0. The van der Waals surface area contributed by atoms with E-state index >= 15 is 0 Å². The van der Waals surface area contributed by atoms with Gasteiger partial charge in [0.25, 0.3) is 5.91 Å². The molecule has 8 nitrogen and oxygen atoms in total. The first kappa shape index (κ1) is 24.8. The second kappa shape index (κ2) is 11.3. The number of esters is 2. The number of benzene rings is 1. The minimum Gasteiger partial charge on any atom is -0.469 e. The van der Waals surface area contributed by atoms with E-state index in [-0.39, 0.29) is 24.9 Å². The topological polar surface area (TPSA) is 90.7 Å². The molecule has 32 heavy (non-hydrogen) atoms. The lowest BCUT2D eigenvalue weighted by atomic mass is 10.1. The van der Waals surface area contributed by atoms with Crippen molar-refractivity contribution in [3.8, 4) is 5.69 Å². The molecule has 0 bridgehead atoms. The molecule has 0 aliphatic rings. The van der Waals surface area contributed by atoms with E-state index in [1.807, 2.05) is 27.7 Å². The standard InChI is InChI=1S/C24H31N3O5/c1-7-26(14-16(2)3)22(28)15-32-24(30)19-8-10-20(11-9-19)27-18(5)21(17(4)25-27)12-13-23(29)31-6/h8-11H,2,7,12-15H2,1,3-6H3. The fourth-order valence-electron chi connectivity index (χ4n) is 3.36. The third kappa shape index (κ3) is 6.29. The van der Waals surface area contributed by atoms with Crippen LogP contribution in [0.5, 0.6) is 0 Å². The van der Waals surface area contributed by atoms with Gasteiger partial charge in [-0.05, 0) is 63.9 Å². The Balaban J connectivity index is 2.05. The molecule has 0 radical (unpaired) electrons. The van der Waals surface area contributed by atoms with Crippen molar-refractivity contribution in [2.75, 3.05) is 26.8 Å². The summed E-state index contributed by atoms with van der Waals surface area (Å²) in [7, 11) is 1.37. The Hall–Kier alpha value is -3.42. The third-order valence-corrected chi connectivity index (χ3v) is 5.12. The molecule has 2 rings (SSSR count). The Morgan fingerprint density at radius 1 is 1.16 bits per heavy atom. The van der Waals surface area contributed by atoms with Crippen molar-refractivity contribution in [1.82, 2.24) is 14.7 Å². The van der Waals surface area contributed by atoms with E-state index in [2.05, 4.69) is 11.7 Å². The molecule has 0 fully saturated rings. The number of likely N-dealkylation sites (N-methyl/N-ethyl adjacent to an activating group) is 1. The van der Waals surface area contributed by atoms with Gasteiger partial charge in [0.05, 0.1) is 24.1 Å². The Kier molecular flexibility index (Phi) is 8.75. The predicted molar refractivity (Wildman–Crippen MR) is 121 cm³/mol. The molecule has 0 atom stereocenters. The van der Waals surface area contributed by atoms with Crippen LogP contribution < -0.4 is 0 Å². The molecule has 0 N–H and O–H groups in total. The van der Waals surface area contributed by atoms with Gasteiger partial charge in [0.15, 0.2) is 6.61 Å². The second-order valence-corrected chi connectivity index (χ2v) is 7.63. The number of methoxy groups -OCH3 is 1. The zero-order chi connectivity index (χ0) is 23.8. The lowest BCUT2D eigenvalue weighted by Crippen LogP contribution is -2.35. The van der Waals surface area contributed by atoms with Crippen LogP contribution >= 0.6 is 0 Å². The average molecular weight is 442 g/mol. The molecule has 0 saturated heterocycles. The maximum absolute atomic E-state index is 12.4. The Morgan fingerprint density at radius 3 is 2.38 bits per heavy atom. The lowest BCUT2D eigenvalue weighted by Gasteiger charge is -2.20. The van der Waals surface area contributed by atoms with Gasteiger partial charge in [0.2, 0.25) is 0 Å². The zero-order valence-electron chi connectivity index (χ0n) is 19.4. The summed E-state index contributed by atoms with van der Waals surface area (Å²) in [6.07, 6.45) is 0.831. The highest BCUT2D eigenvalue weighted by molar-refractivity contribution is 5.91. The van der Waals surface area contributed by atoms with Crippen molar-refractivity contribution in [3.05, 3.63) is 58.9 Å². The molecule has 172 valence electrons. The Morgan fingerprint density at radius 2 is 1.81 bits per heavy atom. The molecule has 0 aliphatic carbocycles. The fourth-order valence-corrected chi connectivity index (χ4v) is 3.36. The van der Waals surface area contributed by atoms with Crippen LogP contribution in [0.4, 0.5) is 0 Å². The number of nitrogens with zero attached hydrogens (tertiary/aromatic N) is 3. The monoisotopic (exact) mass is 441 g/mol. The van der Waals surface area contributed by atoms with Crippen molar-refractivity contribution < 1.29 is 23.9 Å². The third-order valence-electron chi connectivity index (χ3n) is 5.12. The van der Waals surface area contributed by atoms with Crippen LogP contribution in [-0.2, 0) is 25.5 Å². The predicted octanol–water partition coefficient (Wildman–Crippen LogP) is 3.18. The van der Waals surface area contributed by atoms with Crippen molar-refractivity contribution >= 4 is 17.8 Å². The first-order valence-corrected chi connectivity index (χ1v) is 10.5. The van der Waals surface area contributed by atoms with Crippen LogP contribution in [-0.4, -0.2) is 59.3 Å². The number of amides is 1. The number of aromatic nitrogens is 2. The van der Waals surface area contributed by atoms with Crippen LogP contribution in [0.15, 0.2) is 36.4 Å². The summed E-state index contributed by atoms with van der Waals surface area (Å²) in [5.41, 5.74) is 4.73. The maximum atomic E-state index is 12.4. The summed E-state index contributed by atoms with van der Waals surface area (Å²) >= 11 is 0. The molecule has 1 aromatic heterocycles. The number of ether oxygens (including phenoxy) is 2. The first-order chi connectivity index (χ1) is 15.2. The van der Waals surface area contributed by atoms with Crippen molar-refractivity contribution in [3.63, 3.8) is 0 Å². The molecule has 0 unspecified atom stereocenters. The van der Waals surface area contributed by atoms with Crippen LogP contribution in [0.2, 0.25) is 0 Å². The molecule has 2 aromatic rings. The first-order valence-electron chi connectivity index (χ1n) is 10.5. The maximum Gasteiger partial charge on any atom is 0.338 e. The highest BCUT2D eigenvalue weighted by atomic mass is 16.5. The van der Waals surface area contributed by atoms with E-state index in [9.17, 15) is 14.4 Å². The minimum atomic E-state index is -0.566. The van der Waals surface area contributed by atoms with E-state index < -0.39 is 5.97 Å². The summed E-state index contributed by atoms with van der Waals surface area (Å²) in [4.78, 5) is 37.6. The highest BCUT2D eigenvalue weighted by Crippen LogP contribution is 2.20. The van der Waals surface area contributed by atoms with Crippen molar-refractivity contribution in [2.45, 2.75) is 40.5 Å². The average Bonchev–Trinajstić information content (AvgIpc) is 3.06. The Labute approximate surface area is 188 Å². The second-order valence-electron chi connectivity index (χ2n) is 7.63. The van der Waals surface area contributed by atoms with Crippen molar-refractivity contribution in [2.24, 2.45) is 0 Å². The van der Waals surface area contributed by atoms with Gasteiger partial charge in [-0.3, -0.25) is 9.59 Å². The molecule has 1 amide bonds. The number of hydrogen-bond acceptors (Lipinski definition) is 6. The van der Waals surface area contributed by atoms with E-state index in [1.54, 1.807) is 33.8 Å². The van der Waals surface area contributed by atoms with Gasteiger partial charge in [-0.2, -0.15) is 5.10 Å². The summed E-state index contributed by atoms with van der Waals surface area (Å²) in [5.74, 6) is -1.09. The molecule has 0 spiro atoms. The molecule has 1 aromatic carbocycles.